The normalized spacial score (nSPS) is 21.2. The van der Waals surface area contributed by atoms with E-state index in [-0.39, 0.29) is 11.6 Å². The van der Waals surface area contributed by atoms with Crippen molar-refractivity contribution in [2.45, 2.75) is 6.29 Å². The van der Waals surface area contributed by atoms with Crippen molar-refractivity contribution < 1.29 is 0 Å². The number of aromatic nitrogens is 3. The highest BCUT2D eigenvalue weighted by Gasteiger charge is 2.28. The minimum atomic E-state index is -0.565. The highest BCUT2D eigenvalue weighted by molar-refractivity contribution is 5.92. The van der Waals surface area contributed by atoms with Gasteiger partial charge < -0.3 is 5.73 Å². The van der Waals surface area contributed by atoms with Gasteiger partial charge in [-0.05, 0) is 0 Å². The van der Waals surface area contributed by atoms with Crippen LogP contribution in [0.25, 0.3) is 0 Å². The molecule has 1 atom stereocenters. The number of nitrogens with two attached hydrogens (primary N) is 2. The molecule has 2 aliphatic rings. The Morgan fingerprint density at radius 3 is 3.06 bits per heavy atom. The molecule has 10 nitrogen and oxygen atoms in total. The van der Waals surface area contributed by atoms with Crippen LogP contribution in [-0.2, 0) is 0 Å². The summed E-state index contributed by atoms with van der Waals surface area (Å²) >= 11 is 0. The Labute approximate surface area is 88.8 Å². The predicted octanol–water partition coefficient (Wildman–Crippen LogP) is -2.20. The first kappa shape index (κ1) is 8.79. The van der Waals surface area contributed by atoms with Gasteiger partial charge in [-0.2, -0.15) is 9.97 Å². The lowest BCUT2D eigenvalue weighted by Gasteiger charge is -2.32. The molecule has 0 saturated carbocycles. The first-order valence-electron chi connectivity index (χ1n) is 4.38. The van der Waals surface area contributed by atoms with Crippen LogP contribution < -0.4 is 22.5 Å². The SMILES string of the molecule is N=c1nc2n3c(n1)NC(N)=NC3N(N)C=N2. The molecule has 0 aromatic carbocycles. The zero-order valence-corrected chi connectivity index (χ0v) is 7.99. The van der Waals surface area contributed by atoms with Gasteiger partial charge >= 0.3 is 0 Å². The zero-order chi connectivity index (χ0) is 11.3. The van der Waals surface area contributed by atoms with Gasteiger partial charge in [0.25, 0.3) is 0 Å². The third-order valence-electron chi connectivity index (χ3n) is 2.16. The molecule has 0 fully saturated rings. The van der Waals surface area contributed by atoms with E-state index in [1.54, 1.807) is 4.57 Å². The van der Waals surface area contributed by atoms with Crippen LogP contribution in [-0.4, -0.2) is 31.8 Å². The fourth-order valence-electron chi connectivity index (χ4n) is 1.52. The molecule has 1 unspecified atom stereocenters. The summed E-state index contributed by atoms with van der Waals surface area (Å²) in [4.78, 5) is 15.8. The lowest BCUT2D eigenvalue weighted by atomic mass is 10.5. The first-order chi connectivity index (χ1) is 7.65. The van der Waals surface area contributed by atoms with Crippen LogP contribution >= 0.6 is 0 Å². The lowest BCUT2D eigenvalue weighted by Crippen LogP contribution is -2.45. The van der Waals surface area contributed by atoms with Crippen molar-refractivity contribution in [1.82, 2.24) is 19.5 Å². The monoisotopic (exact) mass is 220 g/mol. The van der Waals surface area contributed by atoms with E-state index in [0.29, 0.717) is 11.9 Å². The quantitative estimate of drug-likeness (QED) is 0.365. The standard InChI is InChI=1S/C6H8N10/c7-2-11-4-10-1-15(9)6-14-3(8)13-5(12-2)16(4)6/h1,6H,9H2,(H4,7,8,12,13,14). The first-order valence-corrected chi connectivity index (χ1v) is 4.38. The summed E-state index contributed by atoms with van der Waals surface area (Å²) in [6, 6.07) is 0. The summed E-state index contributed by atoms with van der Waals surface area (Å²) < 4.78 is 1.55. The Morgan fingerprint density at radius 2 is 2.25 bits per heavy atom. The molecule has 0 radical (unpaired) electrons. The fourth-order valence-corrected chi connectivity index (χ4v) is 1.52. The van der Waals surface area contributed by atoms with Gasteiger partial charge in [-0.1, -0.05) is 0 Å². The zero-order valence-electron chi connectivity index (χ0n) is 7.99. The van der Waals surface area contributed by atoms with Crippen LogP contribution in [0.4, 0.5) is 11.9 Å². The second kappa shape index (κ2) is 2.76. The van der Waals surface area contributed by atoms with Crippen LogP contribution in [0.3, 0.4) is 0 Å². The van der Waals surface area contributed by atoms with E-state index in [9.17, 15) is 0 Å². The number of hydrazine groups is 1. The van der Waals surface area contributed by atoms with Crippen LogP contribution in [0, 0.1) is 5.41 Å². The Bertz CT molecular complexity index is 567. The molecule has 0 spiro atoms. The van der Waals surface area contributed by atoms with E-state index in [4.69, 9.17) is 17.0 Å². The second-order valence-electron chi connectivity index (χ2n) is 3.22. The summed E-state index contributed by atoms with van der Waals surface area (Å²) in [5.41, 5.74) is 5.43. The van der Waals surface area contributed by atoms with Crippen molar-refractivity contribution in [3.63, 3.8) is 0 Å². The van der Waals surface area contributed by atoms with Crippen LogP contribution in [0.2, 0.25) is 0 Å². The van der Waals surface area contributed by atoms with E-state index < -0.39 is 6.29 Å². The van der Waals surface area contributed by atoms with Gasteiger partial charge in [0.05, 0.1) is 0 Å². The summed E-state index contributed by atoms with van der Waals surface area (Å²) in [6.45, 7) is 0. The van der Waals surface area contributed by atoms with Crippen LogP contribution in [0.1, 0.15) is 6.29 Å². The maximum Gasteiger partial charge on any atom is 0.248 e. The summed E-state index contributed by atoms with van der Waals surface area (Å²) in [5, 5.41) is 11.4. The minimum Gasteiger partial charge on any atom is -0.370 e. The Kier molecular flexibility index (Phi) is 1.52. The average Bonchev–Trinajstić information content (AvgIpc) is 2.22. The molecule has 0 amide bonds. The molecule has 1 aromatic heterocycles. The lowest BCUT2D eigenvalue weighted by molar-refractivity contribution is 0.246. The van der Waals surface area contributed by atoms with Gasteiger partial charge in [0, 0.05) is 0 Å². The summed E-state index contributed by atoms with van der Waals surface area (Å²) in [7, 11) is 0. The van der Waals surface area contributed by atoms with Gasteiger partial charge in [-0.3, -0.25) is 15.7 Å². The summed E-state index contributed by atoms with van der Waals surface area (Å²) in [5.74, 6) is 6.52. The maximum absolute atomic E-state index is 7.41. The Balaban J connectivity index is 2.31. The molecule has 0 bridgehead atoms. The molecule has 6 N–H and O–H groups in total. The third kappa shape index (κ3) is 1.07. The minimum absolute atomic E-state index is 0.148. The van der Waals surface area contributed by atoms with Crippen molar-refractivity contribution in [2.75, 3.05) is 5.32 Å². The number of anilines is 1. The predicted molar refractivity (Wildman–Crippen MR) is 54.3 cm³/mol. The molecule has 16 heavy (non-hydrogen) atoms. The number of rotatable bonds is 0. The Morgan fingerprint density at radius 1 is 1.44 bits per heavy atom. The van der Waals surface area contributed by atoms with Crippen molar-refractivity contribution in [3.05, 3.63) is 5.62 Å². The number of hydrogen-bond acceptors (Lipinski definition) is 9. The molecule has 10 heteroatoms. The topological polar surface area (TPSA) is 147 Å². The van der Waals surface area contributed by atoms with Gasteiger partial charge in [-0.25, -0.2) is 20.4 Å². The van der Waals surface area contributed by atoms with Crippen LogP contribution in [0.15, 0.2) is 9.98 Å². The fraction of sp³-hybridized carbons (Fsp3) is 0.167. The van der Waals surface area contributed by atoms with E-state index >= 15 is 0 Å². The van der Waals surface area contributed by atoms with E-state index in [1.807, 2.05) is 0 Å². The number of guanidine groups is 1. The van der Waals surface area contributed by atoms with Gasteiger partial charge in [0.1, 0.15) is 6.34 Å². The molecular weight excluding hydrogens is 212 g/mol. The van der Waals surface area contributed by atoms with Gasteiger partial charge in [0.2, 0.25) is 23.8 Å². The summed E-state index contributed by atoms with van der Waals surface area (Å²) in [6.07, 6.45) is 0.808. The number of aliphatic imine (C=N–C) groups is 2. The van der Waals surface area contributed by atoms with Crippen molar-refractivity contribution in [2.24, 2.45) is 21.6 Å². The van der Waals surface area contributed by atoms with Crippen molar-refractivity contribution >= 4 is 24.2 Å². The molecule has 0 aliphatic carbocycles. The molecule has 3 heterocycles. The van der Waals surface area contributed by atoms with Gasteiger partial charge in [0.15, 0.2) is 5.96 Å². The van der Waals surface area contributed by atoms with Crippen LogP contribution in [0.5, 0.6) is 0 Å². The molecule has 0 saturated heterocycles. The van der Waals surface area contributed by atoms with E-state index in [2.05, 4.69) is 25.3 Å². The second-order valence-corrected chi connectivity index (χ2v) is 3.22. The smallest absolute Gasteiger partial charge is 0.248 e. The molecule has 2 aliphatic heterocycles. The van der Waals surface area contributed by atoms with Gasteiger partial charge in [-0.15, -0.1) is 0 Å². The molecule has 1 aromatic rings. The van der Waals surface area contributed by atoms with E-state index in [1.165, 1.54) is 11.3 Å². The molecular formula is C6H8N10. The highest BCUT2D eigenvalue weighted by atomic mass is 15.6. The number of hydrogen-bond donors (Lipinski definition) is 4. The average molecular weight is 220 g/mol. The van der Waals surface area contributed by atoms with E-state index in [0.717, 1.165) is 0 Å². The van der Waals surface area contributed by atoms with Crippen molar-refractivity contribution in [1.29, 1.82) is 5.41 Å². The third-order valence-corrected chi connectivity index (χ3v) is 2.16. The van der Waals surface area contributed by atoms with Crippen molar-refractivity contribution in [3.8, 4) is 0 Å². The highest BCUT2D eigenvalue weighted by Crippen LogP contribution is 2.27. The molecule has 3 rings (SSSR count). The maximum atomic E-state index is 7.41. The molecule has 82 valence electrons. The number of nitrogens with zero attached hydrogens (tertiary/aromatic N) is 6. The number of nitrogens with one attached hydrogen (secondary N) is 2. The Hall–Kier alpha value is -2.49. The largest absolute Gasteiger partial charge is 0.370 e.